The maximum absolute atomic E-state index is 13.8. The molecular formula is C13H19BrFN3O2S. The van der Waals surface area contributed by atoms with Crippen LogP contribution in [-0.4, -0.2) is 63.9 Å². The third kappa shape index (κ3) is 4.23. The summed E-state index contributed by atoms with van der Waals surface area (Å²) in [7, 11) is -2.31. The third-order valence-corrected chi connectivity index (χ3v) is 5.91. The molecule has 118 valence electrons. The quantitative estimate of drug-likeness (QED) is 0.832. The van der Waals surface area contributed by atoms with Crippen molar-refractivity contribution in [3.8, 4) is 0 Å². The maximum Gasteiger partial charge on any atom is 0.245 e. The molecule has 1 aromatic carbocycles. The van der Waals surface area contributed by atoms with Crippen LogP contribution in [0.25, 0.3) is 0 Å². The van der Waals surface area contributed by atoms with Gasteiger partial charge in [0.25, 0.3) is 0 Å². The third-order valence-electron chi connectivity index (χ3n) is 3.52. The zero-order valence-corrected chi connectivity index (χ0v) is 14.3. The van der Waals surface area contributed by atoms with Crippen LogP contribution >= 0.6 is 15.9 Å². The molecular weight excluding hydrogens is 361 g/mol. The molecule has 1 aliphatic rings. The molecule has 2 rings (SSSR count). The first-order valence-electron chi connectivity index (χ1n) is 6.76. The molecule has 1 aliphatic heterocycles. The van der Waals surface area contributed by atoms with E-state index in [0.29, 0.717) is 17.6 Å². The lowest BCUT2D eigenvalue weighted by molar-refractivity contribution is 0.229. The number of rotatable bonds is 5. The topological polar surface area (TPSA) is 52.6 Å². The van der Waals surface area contributed by atoms with E-state index in [9.17, 15) is 12.8 Å². The molecule has 1 N–H and O–H groups in total. The second-order valence-electron chi connectivity index (χ2n) is 4.99. The number of nitrogens with one attached hydrogen (secondary N) is 1. The van der Waals surface area contributed by atoms with Gasteiger partial charge in [0, 0.05) is 50.8 Å². The first-order valence-corrected chi connectivity index (χ1v) is 8.99. The highest BCUT2D eigenvalue weighted by atomic mass is 79.9. The second-order valence-corrected chi connectivity index (χ2v) is 7.92. The lowest BCUT2D eigenvalue weighted by atomic mass is 10.3. The van der Waals surface area contributed by atoms with Gasteiger partial charge in [0.1, 0.15) is 10.7 Å². The van der Waals surface area contributed by atoms with Crippen molar-refractivity contribution in [2.45, 2.75) is 4.90 Å². The Balaban J connectivity index is 2.04. The predicted molar refractivity (Wildman–Crippen MR) is 83.2 cm³/mol. The molecule has 0 unspecified atom stereocenters. The summed E-state index contributed by atoms with van der Waals surface area (Å²) in [6.45, 7) is 4.63. The Morgan fingerprint density at radius 3 is 2.67 bits per heavy atom. The van der Waals surface area contributed by atoms with Crippen molar-refractivity contribution in [2.24, 2.45) is 0 Å². The number of hydrogen-bond donors (Lipinski definition) is 1. The minimum absolute atomic E-state index is 0.284. The van der Waals surface area contributed by atoms with Crippen molar-refractivity contribution in [3.05, 3.63) is 28.5 Å². The van der Waals surface area contributed by atoms with Gasteiger partial charge < -0.3 is 5.32 Å². The normalized spacial score (nSPS) is 17.3. The molecule has 1 saturated heterocycles. The van der Waals surface area contributed by atoms with Gasteiger partial charge in [-0.1, -0.05) is 15.9 Å². The summed E-state index contributed by atoms with van der Waals surface area (Å²) in [5.74, 6) is -0.738. The number of piperazine rings is 1. The first-order chi connectivity index (χ1) is 9.91. The maximum atomic E-state index is 13.8. The molecule has 0 radical (unpaired) electrons. The van der Waals surface area contributed by atoms with Crippen molar-refractivity contribution in [1.82, 2.24) is 14.5 Å². The highest BCUT2D eigenvalue weighted by molar-refractivity contribution is 9.10. The molecule has 21 heavy (non-hydrogen) atoms. The van der Waals surface area contributed by atoms with Gasteiger partial charge in [-0.15, -0.1) is 0 Å². The van der Waals surface area contributed by atoms with E-state index < -0.39 is 15.8 Å². The van der Waals surface area contributed by atoms with E-state index in [1.54, 1.807) is 0 Å². The van der Waals surface area contributed by atoms with E-state index in [4.69, 9.17) is 0 Å². The average Bonchev–Trinajstić information content (AvgIpc) is 2.45. The molecule has 0 atom stereocenters. The van der Waals surface area contributed by atoms with Gasteiger partial charge in [0.15, 0.2) is 0 Å². The minimum atomic E-state index is -3.79. The molecule has 8 heteroatoms. The lowest BCUT2D eigenvalue weighted by Crippen LogP contribution is -2.46. The van der Waals surface area contributed by atoms with Crippen LogP contribution in [0, 0.1) is 5.82 Å². The van der Waals surface area contributed by atoms with Crippen molar-refractivity contribution in [2.75, 3.05) is 46.3 Å². The Bertz CT molecular complexity index is 591. The molecule has 1 aromatic rings. The van der Waals surface area contributed by atoms with Gasteiger partial charge in [0.2, 0.25) is 10.0 Å². The van der Waals surface area contributed by atoms with Crippen LogP contribution < -0.4 is 5.32 Å². The standard InChI is InChI=1S/C13H19BrFN3O2S/c1-17(8-9-18-6-4-16-5-7-18)21(19,20)13-3-2-11(14)10-12(13)15/h2-3,10,16H,4-9H2,1H3. The molecule has 0 amide bonds. The van der Waals surface area contributed by atoms with Crippen molar-refractivity contribution in [3.63, 3.8) is 0 Å². The van der Waals surface area contributed by atoms with Crippen LogP contribution in [0.15, 0.2) is 27.6 Å². The zero-order chi connectivity index (χ0) is 15.5. The summed E-state index contributed by atoms with van der Waals surface area (Å²) < 4.78 is 40.3. The van der Waals surface area contributed by atoms with Crippen LogP contribution in [0.4, 0.5) is 4.39 Å². The van der Waals surface area contributed by atoms with E-state index in [-0.39, 0.29) is 4.90 Å². The van der Waals surface area contributed by atoms with Crippen LogP contribution in [-0.2, 0) is 10.0 Å². The van der Waals surface area contributed by atoms with Crippen LogP contribution in [0.5, 0.6) is 0 Å². The molecule has 5 nitrogen and oxygen atoms in total. The monoisotopic (exact) mass is 379 g/mol. The number of benzene rings is 1. The average molecular weight is 380 g/mol. The number of halogens is 2. The van der Waals surface area contributed by atoms with Gasteiger partial charge in [-0.2, -0.15) is 4.31 Å². The lowest BCUT2D eigenvalue weighted by Gasteiger charge is -2.28. The van der Waals surface area contributed by atoms with E-state index in [2.05, 4.69) is 26.1 Å². The largest absolute Gasteiger partial charge is 0.314 e. The molecule has 0 aliphatic carbocycles. The van der Waals surface area contributed by atoms with Crippen molar-refractivity contribution >= 4 is 26.0 Å². The Kier molecular flexibility index (Phi) is 5.73. The summed E-state index contributed by atoms with van der Waals surface area (Å²) in [4.78, 5) is 1.91. The predicted octanol–water partition coefficient (Wildman–Crippen LogP) is 1.11. The molecule has 0 bridgehead atoms. The van der Waals surface area contributed by atoms with Crippen LogP contribution in [0.2, 0.25) is 0 Å². The summed E-state index contributed by atoms with van der Waals surface area (Å²) in [5, 5.41) is 3.24. The molecule has 0 aromatic heterocycles. The van der Waals surface area contributed by atoms with E-state index in [0.717, 1.165) is 32.2 Å². The number of sulfonamides is 1. The SMILES string of the molecule is CN(CCN1CCNCC1)S(=O)(=O)c1ccc(Br)cc1F. The smallest absolute Gasteiger partial charge is 0.245 e. The Labute approximate surface area is 133 Å². The zero-order valence-electron chi connectivity index (χ0n) is 11.8. The Hall–Kier alpha value is -0.540. The fourth-order valence-electron chi connectivity index (χ4n) is 2.19. The van der Waals surface area contributed by atoms with Gasteiger partial charge >= 0.3 is 0 Å². The van der Waals surface area contributed by atoms with Crippen molar-refractivity contribution in [1.29, 1.82) is 0 Å². The van der Waals surface area contributed by atoms with Gasteiger partial charge in [-0.25, -0.2) is 12.8 Å². The van der Waals surface area contributed by atoms with Crippen molar-refractivity contribution < 1.29 is 12.8 Å². The fourth-order valence-corrected chi connectivity index (χ4v) is 3.73. The first kappa shape index (κ1) is 16.8. The fraction of sp³-hybridized carbons (Fsp3) is 0.538. The molecule has 1 heterocycles. The highest BCUT2D eigenvalue weighted by Crippen LogP contribution is 2.21. The number of likely N-dealkylation sites (N-methyl/N-ethyl adjacent to an activating group) is 1. The molecule has 0 spiro atoms. The minimum Gasteiger partial charge on any atom is -0.314 e. The molecule has 0 saturated carbocycles. The summed E-state index contributed by atoms with van der Waals surface area (Å²) >= 11 is 3.12. The summed E-state index contributed by atoms with van der Waals surface area (Å²) in [6.07, 6.45) is 0. The Morgan fingerprint density at radius 2 is 2.05 bits per heavy atom. The van der Waals surface area contributed by atoms with E-state index >= 15 is 0 Å². The summed E-state index contributed by atoms with van der Waals surface area (Å²) in [6, 6.07) is 3.98. The number of nitrogens with zero attached hydrogens (tertiary/aromatic N) is 2. The molecule has 1 fully saturated rings. The highest BCUT2D eigenvalue weighted by Gasteiger charge is 2.25. The van der Waals surface area contributed by atoms with Gasteiger partial charge in [-0.05, 0) is 18.2 Å². The van der Waals surface area contributed by atoms with Crippen LogP contribution in [0.1, 0.15) is 0 Å². The van der Waals surface area contributed by atoms with E-state index in [1.807, 2.05) is 0 Å². The number of hydrogen-bond acceptors (Lipinski definition) is 4. The van der Waals surface area contributed by atoms with Crippen LogP contribution in [0.3, 0.4) is 0 Å². The van der Waals surface area contributed by atoms with E-state index in [1.165, 1.54) is 23.5 Å². The van der Waals surface area contributed by atoms with Gasteiger partial charge in [-0.3, -0.25) is 4.90 Å². The van der Waals surface area contributed by atoms with Gasteiger partial charge in [0.05, 0.1) is 0 Å². The Morgan fingerprint density at radius 1 is 1.38 bits per heavy atom. The second kappa shape index (κ2) is 7.15. The summed E-state index contributed by atoms with van der Waals surface area (Å²) in [5.41, 5.74) is 0.